The molecule has 0 aromatic carbocycles. The van der Waals surface area contributed by atoms with E-state index in [-0.39, 0.29) is 30.3 Å². The van der Waals surface area contributed by atoms with E-state index in [4.69, 9.17) is 14.0 Å². The molecule has 1 aromatic heterocycles. The molecule has 1 aromatic rings. The van der Waals surface area contributed by atoms with Gasteiger partial charge >= 0.3 is 5.97 Å². The second-order valence-corrected chi connectivity index (χ2v) is 10.3. The summed E-state index contributed by atoms with van der Waals surface area (Å²) >= 11 is 0. The minimum Gasteiger partial charge on any atom is -0.460 e. The van der Waals surface area contributed by atoms with Crippen LogP contribution in [0.5, 0.6) is 0 Å². The summed E-state index contributed by atoms with van der Waals surface area (Å²) in [4.78, 5) is 12.3. The van der Waals surface area contributed by atoms with Crippen LogP contribution in [0.1, 0.15) is 96.4 Å². The van der Waals surface area contributed by atoms with Crippen LogP contribution in [-0.4, -0.2) is 42.2 Å². The molecule has 0 aliphatic heterocycles. The largest absolute Gasteiger partial charge is 0.460 e. The lowest BCUT2D eigenvalue weighted by Gasteiger charge is -2.38. The lowest BCUT2D eigenvalue weighted by atomic mass is 9.67. The van der Waals surface area contributed by atoms with Crippen molar-refractivity contribution in [1.29, 1.82) is 0 Å². The van der Waals surface area contributed by atoms with Crippen LogP contribution in [-0.2, 0) is 14.3 Å². The molecule has 29 heavy (non-hydrogen) atoms. The second kappa shape index (κ2) is 10.1. The number of aromatic nitrogens is 1. The molecule has 0 amide bonds. The van der Waals surface area contributed by atoms with Crippen molar-refractivity contribution in [3.05, 3.63) is 17.5 Å². The fourth-order valence-electron chi connectivity index (χ4n) is 4.33. The average Bonchev–Trinajstić information content (AvgIpc) is 3.02. The van der Waals surface area contributed by atoms with Gasteiger partial charge in [-0.25, -0.2) is 0 Å². The van der Waals surface area contributed by atoms with E-state index in [0.717, 1.165) is 37.3 Å². The summed E-state index contributed by atoms with van der Waals surface area (Å²) in [5.74, 6) is 1.67. The summed E-state index contributed by atoms with van der Waals surface area (Å²) in [5.41, 5.74) is 0.479. The highest BCUT2D eigenvalue weighted by atomic mass is 16.6. The molecule has 0 spiro atoms. The number of methoxy groups -OCH3 is 1. The molecule has 1 aliphatic rings. The molecular formula is C23H39NO5. The lowest BCUT2D eigenvalue weighted by Crippen LogP contribution is -2.29. The number of aliphatic hydroxyl groups excluding tert-OH is 1. The van der Waals surface area contributed by atoms with E-state index >= 15 is 0 Å². The molecule has 1 heterocycles. The van der Waals surface area contributed by atoms with E-state index in [1.807, 2.05) is 26.8 Å². The molecule has 1 N–H and O–H groups in total. The molecule has 0 saturated heterocycles. The summed E-state index contributed by atoms with van der Waals surface area (Å²) < 4.78 is 16.4. The standard InChI is InChI=1S/C23H39NO5/c1-22(2,3)28-21(26)12-17(8-7-9-25)19-13-20(29-24-19)18-10-16(11-18)14-23(4,5)15-27-6/h13,16-18,25H,7-12,14-15H2,1-6H3/t16?,17-,18?/m0/s1. The molecule has 1 fully saturated rings. The number of aliphatic hydroxyl groups is 1. The molecule has 6 nitrogen and oxygen atoms in total. The van der Waals surface area contributed by atoms with Crippen molar-refractivity contribution in [3.63, 3.8) is 0 Å². The van der Waals surface area contributed by atoms with E-state index in [0.29, 0.717) is 24.7 Å². The molecule has 0 unspecified atom stereocenters. The zero-order valence-corrected chi connectivity index (χ0v) is 19.0. The van der Waals surface area contributed by atoms with E-state index in [1.54, 1.807) is 7.11 Å². The van der Waals surface area contributed by atoms with Gasteiger partial charge in [0.05, 0.1) is 18.7 Å². The highest BCUT2D eigenvalue weighted by Gasteiger charge is 2.37. The fourth-order valence-corrected chi connectivity index (χ4v) is 4.33. The zero-order chi connectivity index (χ0) is 21.7. The van der Waals surface area contributed by atoms with Gasteiger partial charge in [0.15, 0.2) is 0 Å². The molecule has 6 heteroatoms. The quantitative estimate of drug-likeness (QED) is 0.528. The first-order valence-corrected chi connectivity index (χ1v) is 10.8. The van der Waals surface area contributed by atoms with Crippen molar-refractivity contribution in [3.8, 4) is 0 Å². The predicted molar refractivity (Wildman–Crippen MR) is 112 cm³/mol. The Hall–Kier alpha value is -1.40. The van der Waals surface area contributed by atoms with Crippen molar-refractivity contribution in [2.45, 2.75) is 90.6 Å². The number of esters is 1. The second-order valence-electron chi connectivity index (χ2n) is 10.3. The minimum atomic E-state index is -0.509. The van der Waals surface area contributed by atoms with Crippen molar-refractivity contribution >= 4 is 5.97 Å². The maximum Gasteiger partial charge on any atom is 0.306 e. The third kappa shape index (κ3) is 7.74. The predicted octanol–water partition coefficient (Wildman–Crippen LogP) is 4.82. The maximum atomic E-state index is 12.3. The summed E-state index contributed by atoms with van der Waals surface area (Å²) in [7, 11) is 1.76. The first kappa shape index (κ1) is 23.9. The Kier molecular flexibility index (Phi) is 8.29. The number of nitrogens with zero attached hydrogens (tertiary/aromatic N) is 1. The third-order valence-corrected chi connectivity index (χ3v) is 5.52. The van der Waals surface area contributed by atoms with Gasteiger partial charge in [0.2, 0.25) is 0 Å². The summed E-state index contributed by atoms with van der Waals surface area (Å²) in [6.45, 7) is 11.0. The first-order valence-electron chi connectivity index (χ1n) is 10.8. The topological polar surface area (TPSA) is 81.8 Å². The van der Waals surface area contributed by atoms with Crippen LogP contribution >= 0.6 is 0 Å². The van der Waals surface area contributed by atoms with E-state index < -0.39 is 5.60 Å². The van der Waals surface area contributed by atoms with Gasteiger partial charge < -0.3 is 19.1 Å². The van der Waals surface area contributed by atoms with Gasteiger partial charge in [-0.3, -0.25) is 4.79 Å². The molecule has 2 rings (SSSR count). The molecule has 1 atom stereocenters. The van der Waals surface area contributed by atoms with Crippen LogP contribution in [0.3, 0.4) is 0 Å². The van der Waals surface area contributed by atoms with Crippen molar-refractivity contribution in [2.75, 3.05) is 20.3 Å². The van der Waals surface area contributed by atoms with Crippen molar-refractivity contribution < 1.29 is 23.9 Å². The molecule has 166 valence electrons. The number of hydrogen-bond acceptors (Lipinski definition) is 6. The van der Waals surface area contributed by atoms with E-state index in [9.17, 15) is 9.90 Å². The van der Waals surface area contributed by atoms with Gasteiger partial charge in [-0.05, 0) is 64.2 Å². The molecule has 1 aliphatic carbocycles. The van der Waals surface area contributed by atoms with E-state index in [2.05, 4.69) is 19.0 Å². The highest BCUT2D eigenvalue weighted by Crippen LogP contribution is 2.47. The van der Waals surface area contributed by atoms with Crippen LogP contribution in [0.15, 0.2) is 10.6 Å². The van der Waals surface area contributed by atoms with E-state index in [1.165, 1.54) is 0 Å². The van der Waals surface area contributed by atoms with Crippen LogP contribution < -0.4 is 0 Å². The van der Waals surface area contributed by atoms with Gasteiger partial charge in [-0.2, -0.15) is 0 Å². The van der Waals surface area contributed by atoms with Crippen molar-refractivity contribution in [1.82, 2.24) is 5.16 Å². The lowest BCUT2D eigenvalue weighted by molar-refractivity contribution is -0.155. The van der Waals surface area contributed by atoms with Gasteiger partial charge in [0.25, 0.3) is 0 Å². The number of ether oxygens (including phenoxy) is 2. The number of carbonyl (C=O) groups excluding carboxylic acids is 1. The van der Waals surface area contributed by atoms with Crippen LogP contribution in [0.2, 0.25) is 0 Å². The van der Waals surface area contributed by atoms with Gasteiger partial charge in [-0.1, -0.05) is 19.0 Å². The summed E-state index contributed by atoms with van der Waals surface area (Å²) in [6, 6.07) is 2.01. The SMILES string of the molecule is COCC(C)(C)CC1CC(c2cc([C@@H](CCCO)CC(=O)OC(C)(C)C)no2)C1. The molecular weight excluding hydrogens is 370 g/mol. The number of carbonyl (C=O) groups is 1. The number of hydrogen-bond donors (Lipinski definition) is 1. The first-order chi connectivity index (χ1) is 13.5. The Morgan fingerprint density at radius 1 is 1.31 bits per heavy atom. The fraction of sp³-hybridized carbons (Fsp3) is 0.826. The third-order valence-electron chi connectivity index (χ3n) is 5.52. The summed E-state index contributed by atoms with van der Waals surface area (Å²) in [5, 5.41) is 13.5. The van der Waals surface area contributed by atoms with Crippen LogP contribution in [0.4, 0.5) is 0 Å². The molecule has 0 bridgehead atoms. The Labute approximate surface area is 175 Å². The van der Waals surface area contributed by atoms with Crippen LogP contribution in [0, 0.1) is 11.3 Å². The highest BCUT2D eigenvalue weighted by molar-refractivity contribution is 5.71. The zero-order valence-electron chi connectivity index (χ0n) is 19.0. The maximum absolute atomic E-state index is 12.3. The number of rotatable bonds is 11. The van der Waals surface area contributed by atoms with Gasteiger partial charge in [-0.15, -0.1) is 0 Å². The van der Waals surface area contributed by atoms with Crippen LogP contribution in [0.25, 0.3) is 0 Å². The summed E-state index contributed by atoms with van der Waals surface area (Å²) in [6.07, 6.45) is 4.91. The Balaban J connectivity index is 1.94. The van der Waals surface area contributed by atoms with Gasteiger partial charge in [0, 0.05) is 31.6 Å². The van der Waals surface area contributed by atoms with Gasteiger partial charge in [0.1, 0.15) is 11.4 Å². The molecule has 1 saturated carbocycles. The average molecular weight is 410 g/mol. The smallest absolute Gasteiger partial charge is 0.306 e. The Morgan fingerprint density at radius 2 is 2.00 bits per heavy atom. The van der Waals surface area contributed by atoms with Crippen molar-refractivity contribution in [2.24, 2.45) is 11.3 Å². The monoisotopic (exact) mass is 409 g/mol. The normalized spacial score (nSPS) is 20.9. The minimum absolute atomic E-state index is 0.0917. The Morgan fingerprint density at radius 3 is 2.59 bits per heavy atom. The molecule has 0 radical (unpaired) electrons. The Bertz CT molecular complexity index is 640.